The minimum Gasteiger partial charge on any atom is -0.391 e. The van der Waals surface area contributed by atoms with Gasteiger partial charge in [-0.1, -0.05) is 11.6 Å². The third-order valence-electron chi connectivity index (χ3n) is 9.02. The number of aliphatic hydroxyl groups excluding tert-OH is 1. The summed E-state index contributed by atoms with van der Waals surface area (Å²) in [6.07, 6.45) is 3.87. The Morgan fingerprint density at radius 1 is 1.17 bits per heavy atom. The molecule has 8 nitrogen and oxygen atoms in total. The van der Waals surface area contributed by atoms with Crippen LogP contribution in [-0.2, 0) is 12.6 Å². The van der Waals surface area contributed by atoms with Crippen LogP contribution in [-0.4, -0.2) is 59.2 Å². The van der Waals surface area contributed by atoms with Gasteiger partial charge < -0.3 is 20.4 Å². The number of benzene rings is 1. The van der Waals surface area contributed by atoms with Crippen molar-refractivity contribution in [3.63, 3.8) is 0 Å². The Kier molecular flexibility index (Phi) is 7.40. The molecular weight excluding hydrogens is 555 g/mol. The molecule has 0 aliphatic heterocycles. The van der Waals surface area contributed by atoms with Gasteiger partial charge in [-0.05, 0) is 76.0 Å². The number of nitrogens with one attached hydrogen (secondary N) is 1. The molecule has 12 heteroatoms. The van der Waals surface area contributed by atoms with E-state index < -0.39 is 17.8 Å². The lowest BCUT2D eigenvalue weighted by molar-refractivity contribution is -0.137. The van der Waals surface area contributed by atoms with Crippen LogP contribution in [0.3, 0.4) is 0 Å². The van der Waals surface area contributed by atoms with Crippen LogP contribution in [0.15, 0.2) is 30.7 Å². The van der Waals surface area contributed by atoms with Crippen molar-refractivity contribution in [1.29, 1.82) is 0 Å². The second-order valence-corrected chi connectivity index (χ2v) is 12.4. The Balaban J connectivity index is 1.04. The number of alkyl halides is 3. The average Bonchev–Trinajstić information content (AvgIpc) is 3.57. The van der Waals surface area contributed by atoms with E-state index in [0.717, 1.165) is 55.7 Å². The number of hydrogen-bond donors (Lipinski definition) is 3. The minimum atomic E-state index is -4.50. The molecule has 41 heavy (non-hydrogen) atoms. The summed E-state index contributed by atoms with van der Waals surface area (Å²) in [7, 11) is 0. The van der Waals surface area contributed by atoms with Gasteiger partial charge >= 0.3 is 6.18 Å². The molecule has 2 saturated carbocycles. The average molecular weight is 590 g/mol. The second-order valence-electron chi connectivity index (χ2n) is 12.0. The van der Waals surface area contributed by atoms with Crippen LogP contribution >= 0.6 is 11.6 Å². The van der Waals surface area contributed by atoms with Crippen LogP contribution in [0.1, 0.15) is 63.4 Å². The summed E-state index contributed by atoms with van der Waals surface area (Å²) in [5.41, 5.74) is 6.74. The molecule has 0 saturated heterocycles. The van der Waals surface area contributed by atoms with E-state index in [1.165, 1.54) is 12.4 Å². The number of aryl methyl sites for hydroxylation is 1. The number of aliphatic hydroxyl groups is 1. The van der Waals surface area contributed by atoms with E-state index in [4.69, 9.17) is 17.3 Å². The van der Waals surface area contributed by atoms with Crippen molar-refractivity contribution in [2.24, 2.45) is 11.8 Å². The number of imidazole rings is 1. The van der Waals surface area contributed by atoms with Crippen molar-refractivity contribution in [3.8, 4) is 0 Å². The van der Waals surface area contributed by atoms with Crippen LogP contribution in [0.25, 0.3) is 22.1 Å². The van der Waals surface area contributed by atoms with Crippen LogP contribution in [0, 0.1) is 11.8 Å². The van der Waals surface area contributed by atoms with E-state index in [9.17, 15) is 18.3 Å². The number of H-pyrrole nitrogens is 1. The van der Waals surface area contributed by atoms with E-state index >= 15 is 0 Å². The summed E-state index contributed by atoms with van der Waals surface area (Å²) < 4.78 is 41.7. The Hall–Kier alpha value is -2.89. The van der Waals surface area contributed by atoms with Gasteiger partial charge in [-0.15, -0.1) is 0 Å². The first kappa shape index (κ1) is 28.2. The van der Waals surface area contributed by atoms with E-state index in [2.05, 4.69) is 38.7 Å². The molecule has 0 unspecified atom stereocenters. The van der Waals surface area contributed by atoms with Crippen molar-refractivity contribution in [2.45, 2.75) is 82.8 Å². The molecule has 2 aliphatic carbocycles. The minimum absolute atomic E-state index is 0.0409. The molecule has 1 aromatic carbocycles. The highest BCUT2D eigenvalue weighted by Gasteiger charge is 2.40. The van der Waals surface area contributed by atoms with Crippen molar-refractivity contribution in [1.82, 2.24) is 29.4 Å². The van der Waals surface area contributed by atoms with Gasteiger partial charge in [0.2, 0.25) is 0 Å². The number of nitrogens with two attached hydrogens (primary N) is 1. The summed E-state index contributed by atoms with van der Waals surface area (Å²) in [6, 6.07) is 5.08. The van der Waals surface area contributed by atoms with E-state index in [-0.39, 0.29) is 11.1 Å². The number of aromatic nitrogens is 5. The predicted molar refractivity (Wildman–Crippen MR) is 152 cm³/mol. The summed E-state index contributed by atoms with van der Waals surface area (Å²) in [5, 5.41) is 11.5. The van der Waals surface area contributed by atoms with Crippen LogP contribution in [0.4, 0.5) is 19.0 Å². The lowest BCUT2D eigenvalue weighted by Gasteiger charge is -2.46. The smallest absolute Gasteiger partial charge is 0.391 e. The van der Waals surface area contributed by atoms with Crippen molar-refractivity contribution in [3.05, 3.63) is 47.1 Å². The van der Waals surface area contributed by atoms with Gasteiger partial charge in [0, 0.05) is 31.2 Å². The van der Waals surface area contributed by atoms with Gasteiger partial charge in [0.05, 0.1) is 39.2 Å². The zero-order valence-corrected chi connectivity index (χ0v) is 23.8. The van der Waals surface area contributed by atoms with Crippen molar-refractivity contribution >= 4 is 39.5 Å². The molecule has 4 N–H and O–H groups in total. The molecule has 2 fully saturated rings. The maximum atomic E-state index is 13.2. The Morgan fingerprint density at radius 2 is 1.95 bits per heavy atom. The molecule has 0 spiro atoms. The number of nitrogens with zero attached hydrogens (tertiary/aromatic N) is 5. The SMILES string of the molecule is CC(C)N(C[C@@H]1C[C@@H](O)[C@H](n2ccc3c(N)ncnc32)C1)[C@H]1C[C@H](CCc2nc3cc(Cl)c(C(F)(F)F)cc3[nH]2)C1. The standard InChI is InChI=1S/C29H35ClF3N7O/c1-15(2)40(13-17-9-24(25(41)10-17)39-6-5-19-27(34)35-14-36-28(19)39)18-7-16(8-18)3-4-26-37-22-11-20(29(31,32)33)21(30)12-23(22)38-26/h5-6,11-12,14-18,24-25,41H,3-4,7-10,13H2,1-2H3,(H,37,38)(H2,34,35,36)/t16-,17-,18-,24+,25+/m0/s1. The van der Waals surface area contributed by atoms with Gasteiger partial charge in [-0.2, -0.15) is 13.2 Å². The molecular formula is C29H35ClF3N7O. The molecule has 3 heterocycles. The zero-order valence-electron chi connectivity index (χ0n) is 23.1. The van der Waals surface area contributed by atoms with E-state index in [0.29, 0.717) is 53.0 Å². The highest BCUT2D eigenvalue weighted by Crippen LogP contribution is 2.41. The second kappa shape index (κ2) is 10.7. The number of aromatic amines is 1. The van der Waals surface area contributed by atoms with Crippen LogP contribution in [0.2, 0.25) is 5.02 Å². The molecule has 0 radical (unpaired) electrons. The summed E-state index contributed by atoms with van der Waals surface area (Å²) in [6.45, 7) is 5.39. The first-order valence-electron chi connectivity index (χ1n) is 14.2. The number of rotatable bonds is 8. The van der Waals surface area contributed by atoms with Gasteiger partial charge in [0.1, 0.15) is 23.6 Å². The number of nitrogen functional groups attached to an aromatic ring is 1. The summed E-state index contributed by atoms with van der Waals surface area (Å²) in [4.78, 5) is 18.6. The van der Waals surface area contributed by atoms with E-state index in [1.54, 1.807) is 0 Å². The largest absolute Gasteiger partial charge is 0.417 e. The fourth-order valence-corrected chi connectivity index (χ4v) is 7.11. The maximum Gasteiger partial charge on any atom is 0.417 e. The Labute approximate surface area is 241 Å². The molecule has 220 valence electrons. The first-order chi connectivity index (χ1) is 19.5. The Bertz CT molecular complexity index is 1540. The van der Waals surface area contributed by atoms with Crippen LogP contribution in [0.5, 0.6) is 0 Å². The number of halogens is 4. The highest BCUT2D eigenvalue weighted by molar-refractivity contribution is 6.32. The third kappa shape index (κ3) is 5.51. The molecule has 3 atom stereocenters. The lowest BCUT2D eigenvalue weighted by atomic mass is 9.76. The maximum absolute atomic E-state index is 13.2. The fourth-order valence-electron chi connectivity index (χ4n) is 6.85. The third-order valence-corrected chi connectivity index (χ3v) is 9.33. The lowest BCUT2D eigenvalue weighted by Crippen LogP contribution is -2.49. The zero-order chi connectivity index (χ0) is 29.1. The molecule has 4 aromatic rings. The Morgan fingerprint density at radius 3 is 2.68 bits per heavy atom. The quantitative estimate of drug-likeness (QED) is 0.233. The van der Waals surface area contributed by atoms with Crippen LogP contribution < -0.4 is 5.73 Å². The predicted octanol–water partition coefficient (Wildman–Crippen LogP) is 6.00. The molecule has 3 aromatic heterocycles. The summed E-state index contributed by atoms with van der Waals surface area (Å²) in [5.74, 6) is 2.05. The fraction of sp³-hybridized carbons (Fsp3) is 0.552. The number of fused-ring (bicyclic) bond motifs is 2. The summed E-state index contributed by atoms with van der Waals surface area (Å²) >= 11 is 5.86. The highest BCUT2D eigenvalue weighted by atomic mass is 35.5. The topological polar surface area (TPSA) is 109 Å². The van der Waals surface area contributed by atoms with Gasteiger partial charge in [-0.3, -0.25) is 4.90 Å². The number of anilines is 1. The molecule has 2 aliphatic rings. The van der Waals surface area contributed by atoms with Gasteiger partial charge in [0.15, 0.2) is 0 Å². The van der Waals surface area contributed by atoms with Gasteiger partial charge in [0.25, 0.3) is 0 Å². The normalized spacial score (nSPS) is 25.1. The molecule has 0 amide bonds. The first-order valence-corrected chi connectivity index (χ1v) is 14.6. The molecule has 6 rings (SSSR count). The monoisotopic (exact) mass is 589 g/mol. The van der Waals surface area contributed by atoms with Crippen molar-refractivity contribution in [2.75, 3.05) is 12.3 Å². The van der Waals surface area contributed by atoms with Crippen molar-refractivity contribution < 1.29 is 18.3 Å². The van der Waals surface area contributed by atoms with E-state index in [1.807, 2.05) is 16.8 Å². The van der Waals surface area contributed by atoms with Gasteiger partial charge in [-0.25, -0.2) is 15.0 Å². The number of hydrogen-bond acceptors (Lipinski definition) is 6. The molecule has 0 bridgehead atoms.